The van der Waals surface area contributed by atoms with E-state index in [1.807, 2.05) is 0 Å². The van der Waals surface area contributed by atoms with E-state index in [2.05, 4.69) is 0 Å². The minimum absolute atomic E-state index is 0.0270. The molecular formula is C12H13F3OS. The van der Waals surface area contributed by atoms with E-state index in [0.29, 0.717) is 5.56 Å². The van der Waals surface area contributed by atoms with Crippen LogP contribution in [0.1, 0.15) is 19.4 Å². The van der Waals surface area contributed by atoms with Gasteiger partial charge in [-0.25, -0.2) is 0 Å². The van der Waals surface area contributed by atoms with Crippen molar-refractivity contribution in [3.63, 3.8) is 0 Å². The van der Waals surface area contributed by atoms with Gasteiger partial charge < -0.3 is 0 Å². The molecule has 0 N–H and O–H groups in total. The molecule has 0 unspecified atom stereocenters. The van der Waals surface area contributed by atoms with Crippen LogP contribution in [-0.2, 0) is 11.2 Å². The summed E-state index contributed by atoms with van der Waals surface area (Å²) in [6, 6.07) is 6.01. The second kappa shape index (κ2) is 5.58. The molecule has 0 bridgehead atoms. The van der Waals surface area contributed by atoms with Crippen LogP contribution < -0.4 is 0 Å². The monoisotopic (exact) mass is 262 g/mol. The van der Waals surface area contributed by atoms with Crippen molar-refractivity contribution in [3.05, 3.63) is 29.8 Å². The van der Waals surface area contributed by atoms with Crippen molar-refractivity contribution in [1.82, 2.24) is 0 Å². The SMILES string of the molecule is CC(C)C(=O)Cc1cccc(SC(F)(F)F)c1. The van der Waals surface area contributed by atoms with E-state index in [1.165, 1.54) is 18.2 Å². The van der Waals surface area contributed by atoms with Crippen molar-refractivity contribution < 1.29 is 18.0 Å². The highest BCUT2D eigenvalue weighted by Gasteiger charge is 2.29. The summed E-state index contributed by atoms with van der Waals surface area (Å²) in [6.07, 6.45) is 0.184. The fourth-order valence-corrected chi connectivity index (χ4v) is 1.88. The molecule has 0 atom stereocenters. The number of hydrogen-bond donors (Lipinski definition) is 0. The largest absolute Gasteiger partial charge is 0.446 e. The first-order chi connectivity index (χ1) is 7.78. The third-order valence-electron chi connectivity index (χ3n) is 2.15. The Balaban J connectivity index is 2.76. The second-order valence-electron chi connectivity index (χ2n) is 3.99. The predicted molar refractivity (Wildman–Crippen MR) is 61.9 cm³/mol. The molecule has 0 amide bonds. The van der Waals surface area contributed by atoms with Crippen molar-refractivity contribution in [2.24, 2.45) is 5.92 Å². The van der Waals surface area contributed by atoms with Gasteiger partial charge in [-0.15, -0.1) is 0 Å². The number of carbonyl (C=O) groups excluding carboxylic acids is 1. The molecule has 5 heteroatoms. The van der Waals surface area contributed by atoms with Gasteiger partial charge in [-0.3, -0.25) is 4.79 Å². The summed E-state index contributed by atoms with van der Waals surface area (Å²) in [5.41, 5.74) is -3.67. The molecule has 94 valence electrons. The van der Waals surface area contributed by atoms with E-state index in [1.54, 1.807) is 19.9 Å². The van der Waals surface area contributed by atoms with Crippen LogP contribution in [0.2, 0.25) is 0 Å². The van der Waals surface area contributed by atoms with E-state index in [0.717, 1.165) is 0 Å². The molecule has 0 aliphatic heterocycles. The molecule has 0 saturated heterocycles. The number of benzene rings is 1. The van der Waals surface area contributed by atoms with Gasteiger partial charge in [-0.1, -0.05) is 26.0 Å². The lowest BCUT2D eigenvalue weighted by Gasteiger charge is -2.08. The summed E-state index contributed by atoms with van der Waals surface area (Å²) in [5, 5.41) is 0. The molecule has 0 aromatic heterocycles. The number of alkyl halides is 3. The number of Topliss-reactive ketones (excluding diaryl/α,β-unsaturated/α-hetero) is 1. The lowest BCUT2D eigenvalue weighted by molar-refractivity contribution is -0.121. The molecule has 0 aliphatic rings. The smallest absolute Gasteiger partial charge is 0.299 e. The van der Waals surface area contributed by atoms with Gasteiger partial charge >= 0.3 is 5.51 Å². The highest BCUT2D eigenvalue weighted by molar-refractivity contribution is 8.00. The average molecular weight is 262 g/mol. The Morgan fingerprint density at radius 2 is 2.00 bits per heavy atom. The number of ketones is 1. The summed E-state index contributed by atoms with van der Waals surface area (Å²) in [6.45, 7) is 3.55. The molecule has 0 fully saturated rings. The van der Waals surface area contributed by atoms with Crippen LogP contribution in [0.25, 0.3) is 0 Å². The molecule has 0 heterocycles. The van der Waals surface area contributed by atoms with Crippen LogP contribution in [0.4, 0.5) is 13.2 Å². The number of hydrogen-bond acceptors (Lipinski definition) is 2. The molecule has 1 nitrogen and oxygen atoms in total. The Hall–Kier alpha value is -0.970. The molecule has 0 radical (unpaired) electrons. The van der Waals surface area contributed by atoms with Crippen molar-refractivity contribution in [3.8, 4) is 0 Å². The number of rotatable bonds is 4. The zero-order valence-corrected chi connectivity index (χ0v) is 10.4. The summed E-state index contributed by atoms with van der Waals surface area (Å²) in [7, 11) is 0. The van der Waals surface area contributed by atoms with Crippen LogP contribution >= 0.6 is 11.8 Å². The summed E-state index contributed by atoms with van der Waals surface area (Å²) in [4.78, 5) is 11.6. The van der Waals surface area contributed by atoms with Gasteiger partial charge in [0.15, 0.2) is 0 Å². The Bertz CT molecular complexity index is 399. The maximum absolute atomic E-state index is 12.2. The Labute approximate surface area is 102 Å². The van der Waals surface area contributed by atoms with Gasteiger partial charge in [0.1, 0.15) is 5.78 Å². The summed E-state index contributed by atoms with van der Waals surface area (Å²) < 4.78 is 36.5. The number of carbonyl (C=O) groups is 1. The van der Waals surface area contributed by atoms with Gasteiger partial charge in [0.2, 0.25) is 0 Å². The predicted octanol–water partition coefficient (Wildman–Crippen LogP) is 4.07. The first kappa shape index (κ1) is 14.1. The molecule has 0 saturated carbocycles. The van der Waals surface area contributed by atoms with Crippen LogP contribution in [0.15, 0.2) is 29.2 Å². The molecule has 0 aliphatic carbocycles. The molecule has 0 spiro atoms. The van der Waals surface area contributed by atoms with E-state index < -0.39 is 5.51 Å². The normalized spacial score (nSPS) is 11.9. The minimum atomic E-state index is -4.29. The molecular weight excluding hydrogens is 249 g/mol. The first-order valence-electron chi connectivity index (χ1n) is 5.15. The Morgan fingerprint density at radius 3 is 2.53 bits per heavy atom. The Morgan fingerprint density at radius 1 is 1.35 bits per heavy atom. The quantitative estimate of drug-likeness (QED) is 0.761. The highest BCUT2D eigenvalue weighted by atomic mass is 32.2. The maximum Gasteiger partial charge on any atom is 0.446 e. The van der Waals surface area contributed by atoms with Gasteiger partial charge in [0, 0.05) is 17.2 Å². The van der Waals surface area contributed by atoms with Crippen LogP contribution in [0.5, 0.6) is 0 Å². The van der Waals surface area contributed by atoms with Crippen LogP contribution in [0, 0.1) is 5.92 Å². The Kier molecular flexibility index (Phi) is 4.62. The van der Waals surface area contributed by atoms with Crippen molar-refractivity contribution in [2.75, 3.05) is 0 Å². The van der Waals surface area contributed by atoms with Gasteiger partial charge in [-0.05, 0) is 29.5 Å². The van der Waals surface area contributed by atoms with Gasteiger partial charge in [0.05, 0.1) is 0 Å². The number of halogens is 3. The second-order valence-corrected chi connectivity index (χ2v) is 5.13. The zero-order chi connectivity index (χ0) is 13.1. The van der Waals surface area contributed by atoms with E-state index in [9.17, 15) is 18.0 Å². The van der Waals surface area contributed by atoms with Crippen molar-refractivity contribution in [1.29, 1.82) is 0 Å². The number of thioether (sulfide) groups is 1. The van der Waals surface area contributed by atoms with E-state index in [-0.39, 0.29) is 34.8 Å². The summed E-state index contributed by atoms with van der Waals surface area (Å²) >= 11 is -0.161. The van der Waals surface area contributed by atoms with Gasteiger partial charge in [0.25, 0.3) is 0 Å². The average Bonchev–Trinajstić information content (AvgIpc) is 2.15. The maximum atomic E-state index is 12.2. The molecule has 1 aromatic rings. The lowest BCUT2D eigenvalue weighted by Crippen LogP contribution is -2.10. The third kappa shape index (κ3) is 5.26. The first-order valence-corrected chi connectivity index (χ1v) is 5.97. The molecule has 1 rings (SSSR count). The minimum Gasteiger partial charge on any atom is -0.299 e. The van der Waals surface area contributed by atoms with Crippen molar-refractivity contribution in [2.45, 2.75) is 30.7 Å². The topological polar surface area (TPSA) is 17.1 Å². The summed E-state index contributed by atoms with van der Waals surface area (Å²) in [5.74, 6) is -0.0758. The highest BCUT2D eigenvalue weighted by Crippen LogP contribution is 2.36. The zero-order valence-electron chi connectivity index (χ0n) is 9.54. The van der Waals surface area contributed by atoms with Crippen LogP contribution in [0.3, 0.4) is 0 Å². The van der Waals surface area contributed by atoms with E-state index in [4.69, 9.17) is 0 Å². The third-order valence-corrected chi connectivity index (χ3v) is 2.88. The van der Waals surface area contributed by atoms with Crippen molar-refractivity contribution >= 4 is 17.5 Å². The standard InChI is InChI=1S/C12H13F3OS/c1-8(2)11(16)7-9-4-3-5-10(6-9)17-12(13,14)15/h3-6,8H,7H2,1-2H3. The van der Waals surface area contributed by atoms with Gasteiger partial charge in [-0.2, -0.15) is 13.2 Å². The lowest BCUT2D eigenvalue weighted by atomic mass is 10.0. The van der Waals surface area contributed by atoms with E-state index >= 15 is 0 Å². The van der Waals surface area contributed by atoms with Crippen LogP contribution in [-0.4, -0.2) is 11.3 Å². The molecule has 1 aromatic carbocycles. The molecule has 17 heavy (non-hydrogen) atoms. The fourth-order valence-electron chi connectivity index (χ4n) is 1.26. The fraction of sp³-hybridized carbons (Fsp3) is 0.417.